The molecular formula is C14H20BrN. The third-order valence-corrected chi connectivity index (χ3v) is 3.94. The monoisotopic (exact) mass is 281 g/mol. The summed E-state index contributed by atoms with van der Waals surface area (Å²) in [6, 6.07) is 8.80. The molecule has 0 unspecified atom stereocenters. The molecule has 0 radical (unpaired) electrons. The van der Waals surface area contributed by atoms with Gasteiger partial charge in [-0.1, -0.05) is 35.0 Å². The van der Waals surface area contributed by atoms with Crippen molar-refractivity contribution in [3.8, 4) is 0 Å². The summed E-state index contributed by atoms with van der Waals surface area (Å²) < 4.78 is 1.21. The van der Waals surface area contributed by atoms with Crippen LogP contribution in [-0.4, -0.2) is 24.5 Å². The maximum atomic E-state index is 3.56. The first-order valence-corrected chi connectivity index (χ1v) is 7.06. The van der Waals surface area contributed by atoms with E-state index in [0.717, 1.165) is 5.92 Å². The zero-order valence-corrected chi connectivity index (χ0v) is 11.5. The Balaban J connectivity index is 1.94. The van der Waals surface area contributed by atoms with Crippen LogP contribution in [0.3, 0.4) is 0 Å². The highest BCUT2D eigenvalue weighted by molar-refractivity contribution is 9.10. The Bertz CT molecular complexity index is 329. The van der Waals surface area contributed by atoms with Gasteiger partial charge in [0, 0.05) is 4.47 Å². The van der Waals surface area contributed by atoms with E-state index in [2.05, 4.69) is 52.0 Å². The van der Waals surface area contributed by atoms with Crippen LogP contribution < -0.4 is 0 Å². The molecule has 0 saturated carbocycles. The number of hydrogen-bond acceptors (Lipinski definition) is 1. The normalized spacial score (nSPS) is 18.9. The van der Waals surface area contributed by atoms with Crippen molar-refractivity contribution in [2.24, 2.45) is 0 Å². The van der Waals surface area contributed by atoms with Crippen LogP contribution in [0.2, 0.25) is 0 Å². The fourth-order valence-corrected chi connectivity index (χ4v) is 2.98. The maximum absolute atomic E-state index is 3.56. The quantitative estimate of drug-likeness (QED) is 0.808. The van der Waals surface area contributed by atoms with E-state index < -0.39 is 0 Å². The third-order valence-electron chi connectivity index (χ3n) is 3.45. The van der Waals surface area contributed by atoms with E-state index in [9.17, 15) is 0 Å². The van der Waals surface area contributed by atoms with Gasteiger partial charge in [-0.2, -0.15) is 0 Å². The van der Waals surface area contributed by atoms with Gasteiger partial charge in [0.1, 0.15) is 0 Å². The van der Waals surface area contributed by atoms with Crippen molar-refractivity contribution in [2.75, 3.05) is 19.6 Å². The molecule has 1 heterocycles. The van der Waals surface area contributed by atoms with Gasteiger partial charge < -0.3 is 4.90 Å². The second kappa shape index (κ2) is 5.83. The summed E-state index contributed by atoms with van der Waals surface area (Å²) in [7, 11) is 0. The van der Waals surface area contributed by atoms with Gasteiger partial charge in [0.25, 0.3) is 0 Å². The average molecular weight is 282 g/mol. The van der Waals surface area contributed by atoms with Gasteiger partial charge in [0.15, 0.2) is 0 Å². The van der Waals surface area contributed by atoms with E-state index in [-0.39, 0.29) is 0 Å². The van der Waals surface area contributed by atoms with Gasteiger partial charge in [0.2, 0.25) is 0 Å². The highest BCUT2D eigenvalue weighted by Gasteiger charge is 2.19. The Hall–Kier alpha value is -0.340. The predicted molar refractivity (Wildman–Crippen MR) is 72.8 cm³/mol. The van der Waals surface area contributed by atoms with E-state index in [1.54, 1.807) is 0 Å². The average Bonchev–Trinajstić information content (AvgIpc) is 2.30. The second-order valence-electron chi connectivity index (χ2n) is 4.67. The standard InChI is InChI=1S/C14H20BrN/c1-2-8-16-9-6-12(7-10-16)13-4-3-5-14(15)11-13/h3-5,11-12H,2,6-10H2,1H3. The van der Waals surface area contributed by atoms with Crippen molar-refractivity contribution in [1.29, 1.82) is 0 Å². The van der Waals surface area contributed by atoms with E-state index >= 15 is 0 Å². The zero-order valence-electron chi connectivity index (χ0n) is 9.95. The topological polar surface area (TPSA) is 3.24 Å². The van der Waals surface area contributed by atoms with Gasteiger partial charge in [0.05, 0.1) is 0 Å². The molecule has 0 N–H and O–H groups in total. The summed E-state index contributed by atoms with van der Waals surface area (Å²) in [6.07, 6.45) is 3.91. The largest absolute Gasteiger partial charge is 0.303 e. The highest BCUT2D eigenvalue weighted by atomic mass is 79.9. The van der Waals surface area contributed by atoms with Gasteiger partial charge in [-0.25, -0.2) is 0 Å². The molecule has 0 aliphatic carbocycles. The van der Waals surface area contributed by atoms with Crippen molar-refractivity contribution in [3.05, 3.63) is 34.3 Å². The molecule has 1 aliphatic heterocycles. The lowest BCUT2D eigenvalue weighted by molar-refractivity contribution is 0.213. The Morgan fingerprint density at radius 2 is 2.06 bits per heavy atom. The lowest BCUT2D eigenvalue weighted by atomic mass is 9.89. The molecule has 1 fully saturated rings. The van der Waals surface area contributed by atoms with Crippen LogP contribution in [0.15, 0.2) is 28.7 Å². The second-order valence-corrected chi connectivity index (χ2v) is 5.59. The molecule has 1 aliphatic rings. The lowest BCUT2D eigenvalue weighted by Gasteiger charge is -2.31. The molecule has 0 aromatic heterocycles. The first-order valence-electron chi connectivity index (χ1n) is 6.27. The molecule has 1 aromatic rings. The van der Waals surface area contributed by atoms with Crippen LogP contribution in [0.1, 0.15) is 37.7 Å². The molecule has 16 heavy (non-hydrogen) atoms. The molecule has 1 saturated heterocycles. The summed E-state index contributed by atoms with van der Waals surface area (Å²) >= 11 is 3.56. The fourth-order valence-electron chi connectivity index (χ4n) is 2.57. The smallest absolute Gasteiger partial charge is 0.0178 e. The van der Waals surface area contributed by atoms with Crippen LogP contribution in [0, 0.1) is 0 Å². The Morgan fingerprint density at radius 1 is 1.31 bits per heavy atom. The summed E-state index contributed by atoms with van der Waals surface area (Å²) in [5.74, 6) is 0.769. The summed E-state index contributed by atoms with van der Waals surface area (Å²) in [5.41, 5.74) is 1.51. The molecule has 0 bridgehead atoms. The van der Waals surface area contributed by atoms with Crippen molar-refractivity contribution in [3.63, 3.8) is 0 Å². The lowest BCUT2D eigenvalue weighted by Crippen LogP contribution is -2.33. The minimum atomic E-state index is 0.769. The third kappa shape index (κ3) is 3.08. The molecular weight excluding hydrogens is 262 g/mol. The fraction of sp³-hybridized carbons (Fsp3) is 0.571. The van der Waals surface area contributed by atoms with E-state index in [1.165, 1.54) is 48.9 Å². The molecule has 1 nitrogen and oxygen atoms in total. The highest BCUT2D eigenvalue weighted by Crippen LogP contribution is 2.29. The molecule has 2 rings (SSSR count). The van der Waals surface area contributed by atoms with Gasteiger partial charge >= 0.3 is 0 Å². The molecule has 1 aromatic carbocycles. The van der Waals surface area contributed by atoms with Gasteiger partial charge in [-0.3, -0.25) is 0 Å². The van der Waals surface area contributed by atoms with Crippen molar-refractivity contribution >= 4 is 15.9 Å². The van der Waals surface area contributed by atoms with Gasteiger partial charge in [-0.15, -0.1) is 0 Å². The number of benzene rings is 1. The Labute approximate surface area is 107 Å². The van der Waals surface area contributed by atoms with Crippen molar-refractivity contribution in [2.45, 2.75) is 32.1 Å². The number of likely N-dealkylation sites (tertiary alicyclic amines) is 1. The van der Waals surface area contributed by atoms with E-state index in [0.29, 0.717) is 0 Å². The van der Waals surface area contributed by atoms with Crippen LogP contribution in [-0.2, 0) is 0 Å². The van der Waals surface area contributed by atoms with E-state index in [1.807, 2.05) is 0 Å². The summed E-state index contributed by atoms with van der Waals surface area (Å²) in [5, 5.41) is 0. The van der Waals surface area contributed by atoms with Crippen LogP contribution in [0.4, 0.5) is 0 Å². The summed E-state index contributed by atoms with van der Waals surface area (Å²) in [6.45, 7) is 6.07. The predicted octanol–water partition coefficient (Wildman–Crippen LogP) is 4.04. The minimum Gasteiger partial charge on any atom is -0.303 e. The molecule has 2 heteroatoms. The number of piperidine rings is 1. The number of rotatable bonds is 3. The summed E-state index contributed by atoms with van der Waals surface area (Å²) in [4.78, 5) is 2.59. The van der Waals surface area contributed by atoms with Gasteiger partial charge in [-0.05, 0) is 62.5 Å². The maximum Gasteiger partial charge on any atom is 0.0178 e. The Morgan fingerprint density at radius 3 is 2.69 bits per heavy atom. The van der Waals surface area contributed by atoms with Crippen LogP contribution >= 0.6 is 15.9 Å². The molecule has 88 valence electrons. The molecule has 0 amide bonds. The Kier molecular flexibility index (Phi) is 4.42. The molecule has 0 spiro atoms. The number of nitrogens with zero attached hydrogens (tertiary/aromatic N) is 1. The molecule has 0 atom stereocenters. The van der Waals surface area contributed by atoms with Crippen molar-refractivity contribution < 1.29 is 0 Å². The van der Waals surface area contributed by atoms with Crippen molar-refractivity contribution in [1.82, 2.24) is 4.90 Å². The van der Waals surface area contributed by atoms with Crippen LogP contribution in [0.5, 0.6) is 0 Å². The first-order chi connectivity index (χ1) is 7.79. The zero-order chi connectivity index (χ0) is 11.4. The van der Waals surface area contributed by atoms with Crippen LogP contribution in [0.25, 0.3) is 0 Å². The first kappa shape index (κ1) is 12.1. The number of halogens is 1. The van der Waals surface area contributed by atoms with E-state index in [4.69, 9.17) is 0 Å². The number of hydrogen-bond donors (Lipinski definition) is 0. The SMILES string of the molecule is CCCN1CCC(c2cccc(Br)c2)CC1. The minimum absolute atomic E-state index is 0.769.